The molecule has 1 atom stereocenters. The summed E-state index contributed by atoms with van der Waals surface area (Å²) in [6.07, 6.45) is 51.4. The molecule has 0 N–H and O–H groups in total. The van der Waals surface area contributed by atoms with Crippen molar-refractivity contribution in [1.29, 1.82) is 0 Å². The predicted molar refractivity (Wildman–Crippen MR) is 238 cm³/mol. The van der Waals surface area contributed by atoms with Crippen molar-refractivity contribution < 1.29 is 28.6 Å². The number of esters is 3. The molecule has 56 heavy (non-hydrogen) atoms. The maximum Gasteiger partial charge on any atom is 0.306 e. The van der Waals surface area contributed by atoms with Crippen LogP contribution in [0.15, 0.2) is 36.5 Å². The molecule has 0 saturated heterocycles. The second-order valence-corrected chi connectivity index (χ2v) is 16.0. The number of carbonyl (C=O) groups excluding carboxylic acids is 3. The second-order valence-electron chi connectivity index (χ2n) is 16.0. The third-order valence-electron chi connectivity index (χ3n) is 10.4. The Morgan fingerprint density at radius 2 is 0.696 bits per heavy atom. The van der Waals surface area contributed by atoms with Gasteiger partial charge in [-0.05, 0) is 44.9 Å². The van der Waals surface area contributed by atoms with Gasteiger partial charge in [0.2, 0.25) is 0 Å². The number of unbranched alkanes of at least 4 members (excludes halogenated alkanes) is 26. The molecule has 0 bridgehead atoms. The first-order chi connectivity index (χ1) is 27.5. The number of allylic oxidation sites excluding steroid dienone is 6. The molecule has 0 aromatic heterocycles. The van der Waals surface area contributed by atoms with E-state index in [0.717, 1.165) is 64.2 Å². The number of carbonyl (C=O) groups is 3. The molecule has 0 spiro atoms. The van der Waals surface area contributed by atoms with Gasteiger partial charge >= 0.3 is 17.9 Å². The highest BCUT2D eigenvalue weighted by atomic mass is 16.6. The standard InChI is InChI=1S/C50H90O6/c1-4-7-10-13-16-19-22-24-25-26-29-31-34-37-40-43-49(52)55-46-47(45-54-48(51)42-39-36-33-30-27-21-18-15-12-9-6-3)56-50(53)44-41-38-35-32-28-23-20-17-14-11-8-5-2/h9,12,18,21,30,33,47H,4-8,10-11,13-17,19-20,22-29,31-32,34-46H2,1-3H3/b12-9-,21-18-,33-30-. The Kier molecular flexibility index (Phi) is 43.4. The first-order valence-electron chi connectivity index (χ1n) is 24.0. The summed E-state index contributed by atoms with van der Waals surface area (Å²) >= 11 is 0. The molecule has 0 amide bonds. The Labute approximate surface area is 346 Å². The molecule has 0 saturated carbocycles. The van der Waals surface area contributed by atoms with Crippen molar-refractivity contribution in [2.45, 2.75) is 252 Å². The third kappa shape index (κ3) is 42.8. The summed E-state index contributed by atoms with van der Waals surface area (Å²) in [5, 5.41) is 0. The van der Waals surface area contributed by atoms with E-state index in [1.165, 1.54) is 135 Å². The summed E-state index contributed by atoms with van der Waals surface area (Å²) in [5.41, 5.74) is 0. The van der Waals surface area contributed by atoms with Crippen LogP contribution in [0.25, 0.3) is 0 Å². The first kappa shape index (κ1) is 53.6. The van der Waals surface area contributed by atoms with Crippen LogP contribution in [0.2, 0.25) is 0 Å². The maximum absolute atomic E-state index is 12.7. The molecule has 0 aliphatic heterocycles. The van der Waals surface area contributed by atoms with Gasteiger partial charge in [0.05, 0.1) is 0 Å². The third-order valence-corrected chi connectivity index (χ3v) is 10.4. The minimum absolute atomic E-state index is 0.0838. The molecule has 0 aliphatic rings. The summed E-state index contributed by atoms with van der Waals surface area (Å²) in [5.74, 6) is -0.934. The van der Waals surface area contributed by atoms with Gasteiger partial charge in [0, 0.05) is 19.3 Å². The molecule has 0 aromatic carbocycles. The highest BCUT2D eigenvalue weighted by molar-refractivity contribution is 5.71. The molecular formula is C50H90O6. The highest BCUT2D eigenvalue weighted by Crippen LogP contribution is 2.15. The van der Waals surface area contributed by atoms with Gasteiger partial charge in [0.1, 0.15) is 13.2 Å². The van der Waals surface area contributed by atoms with E-state index in [2.05, 4.69) is 57.2 Å². The van der Waals surface area contributed by atoms with E-state index in [1.54, 1.807) is 0 Å². The fourth-order valence-electron chi connectivity index (χ4n) is 6.82. The van der Waals surface area contributed by atoms with Gasteiger partial charge in [0.25, 0.3) is 0 Å². The van der Waals surface area contributed by atoms with Gasteiger partial charge in [-0.15, -0.1) is 0 Å². The Balaban J connectivity index is 4.37. The normalized spacial score (nSPS) is 12.3. The van der Waals surface area contributed by atoms with Crippen LogP contribution in [0.5, 0.6) is 0 Å². The minimum Gasteiger partial charge on any atom is -0.462 e. The van der Waals surface area contributed by atoms with Crippen LogP contribution in [0.1, 0.15) is 245 Å². The molecule has 0 radical (unpaired) electrons. The smallest absolute Gasteiger partial charge is 0.306 e. The van der Waals surface area contributed by atoms with E-state index in [9.17, 15) is 14.4 Å². The van der Waals surface area contributed by atoms with E-state index in [1.807, 2.05) is 0 Å². The lowest BCUT2D eigenvalue weighted by Gasteiger charge is -2.18. The maximum atomic E-state index is 12.7. The highest BCUT2D eigenvalue weighted by Gasteiger charge is 2.19. The van der Waals surface area contributed by atoms with Gasteiger partial charge in [0.15, 0.2) is 6.10 Å². The molecule has 1 unspecified atom stereocenters. The lowest BCUT2D eigenvalue weighted by atomic mass is 10.0. The van der Waals surface area contributed by atoms with E-state index in [0.29, 0.717) is 25.7 Å². The molecule has 6 nitrogen and oxygen atoms in total. The molecule has 0 aliphatic carbocycles. The van der Waals surface area contributed by atoms with Gasteiger partial charge in [-0.25, -0.2) is 0 Å². The van der Waals surface area contributed by atoms with E-state index >= 15 is 0 Å². The van der Waals surface area contributed by atoms with E-state index in [4.69, 9.17) is 14.2 Å². The summed E-state index contributed by atoms with van der Waals surface area (Å²) in [6, 6.07) is 0. The quantitative estimate of drug-likeness (QED) is 0.0265. The minimum atomic E-state index is -0.785. The lowest BCUT2D eigenvalue weighted by Crippen LogP contribution is -2.30. The van der Waals surface area contributed by atoms with Crippen LogP contribution in [-0.2, 0) is 28.6 Å². The zero-order valence-corrected chi connectivity index (χ0v) is 37.2. The van der Waals surface area contributed by atoms with Crippen molar-refractivity contribution >= 4 is 17.9 Å². The SMILES string of the molecule is CC/C=C\C/C=C\C/C=C\CCCC(=O)OCC(COC(=O)CCCCCCCCCCCCCCCCC)OC(=O)CCCCCCCCCCCCCC. The fourth-order valence-corrected chi connectivity index (χ4v) is 6.82. The van der Waals surface area contributed by atoms with Gasteiger partial charge in [-0.1, -0.05) is 218 Å². The zero-order valence-electron chi connectivity index (χ0n) is 37.2. The summed E-state index contributed by atoms with van der Waals surface area (Å²) in [7, 11) is 0. The molecular weight excluding hydrogens is 697 g/mol. The molecule has 0 rings (SSSR count). The largest absolute Gasteiger partial charge is 0.462 e. The predicted octanol–water partition coefficient (Wildman–Crippen LogP) is 15.4. The van der Waals surface area contributed by atoms with Crippen LogP contribution in [-0.4, -0.2) is 37.2 Å². The Morgan fingerprint density at radius 3 is 1.09 bits per heavy atom. The Morgan fingerprint density at radius 1 is 0.375 bits per heavy atom. The van der Waals surface area contributed by atoms with E-state index < -0.39 is 6.10 Å². The van der Waals surface area contributed by atoms with Crippen LogP contribution in [0.4, 0.5) is 0 Å². The summed E-state index contributed by atoms with van der Waals surface area (Å²) < 4.78 is 16.7. The zero-order chi connectivity index (χ0) is 40.8. The first-order valence-corrected chi connectivity index (χ1v) is 24.0. The van der Waals surface area contributed by atoms with Crippen molar-refractivity contribution in [3.05, 3.63) is 36.5 Å². The van der Waals surface area contributed by atoms with Crippen LogP contribution < -0.4 is 0 Å². The van der Waals surface area contributed by atoms with Crippen molar-refractivity contribution in [1.82, 2.24) is 0 Å². The van der Waals surface area contributed by atoms with Crippen LogP contribution in [0.3, 0.4) is 0 Å². The number of hydrogen-bond acceptors (Lipinski definition) is 6. The molecule has 6 heteroatoms. The average Bonchev–Trinajstić information content (AvgIpc) is 3.19. The molecule has 0 aromatic rings. The number of rotatable bonds is 43. The summed E-state index contributed by atoms with van der Waals surface area (Å²) in [4.78, 5) is 37.8. The Hall–Kier alpha value is -2.37. The van der Waals surface area contributed by atoms with Gasteiger partial charge in [-0.3, -0.25) is 14.4 Å². The van der Waals surface area contributed by atoms with Crippen LogP contribution in [0, 0.1) is 0 Å². The van der Waals surface area contributed by atoms with Crippen molar-refractivity contribution in [3.63, 3.8) is 0 Å². The summed E-state index contributed by atoms with van der Waals surface area (Å²) in [6.45, 7) is 6.48. The number of hydrogen-bond donors (Lipinski definition) is 0. The lowest BCUT2D eigenvalue weighted by molar-refractivity contribution is -0.167. The van der Waals surface area contributed by atoms with Crippen LogP contribution >= 0.6 is 0 Å². The van der Waals surface area contributed by atoms with Crippen molar-refractivity contribution in [2.24, 2.45) is 0 Å². The van der Waals surface area contributed by atoms with Crippen molar-refractivity contribution in [2.75, 3.05) is 13.2 Å². The van der Waals surface area contributed by atoms with E-state index in [-0.39, 0.29) is 31.1 Å². The Bertz CT molecular complexity index is 953. The molecule has 326 valence electrons. The molecule has 0 heterocycles. The molecule has 0 fully saturated rings. The number of ether oxygens (including phenoxy) is 3. The monoisotopic (exact) mass is 787 g/mol. The van der Waals surface area contributed by atoms with Gasteiger partial charge < -0.3 is 14.2 Å². The fraction of sp³-hybridized carbons (Fsp3) is 0.820. The second kappa shape index (κ2) is 45.3. The topological polar surface area (TPSA) is 78.9 Å². The van der Waals surface area contributed by atoms with Gasteiger partial charge in [-0.2, -0.15) is 0 Å². The van der Waals surface area contributed by atoms with Crippen molar-refractivity contribution in [3.8, 4) is 0 Å². The average molecular weight is 787 g/mol.